The maximum absolute atomic E-state index is 6.21. The van der Waals surface area contributed by atoms with Crippen molar-refractivity contribution in [3.8, 4) is 11.6 Å². The fourth-order valence-electron chi connectivity index (χ4n) is 2.34. The van der Waals surface area contributed by atoms with Crippen molar-refractivity contribution in [3.63, 3.8) is 0 Å². The summed E-state index contributed by atoms with van der Waals surface area (Å²) in [7, 11) is 0. The second-order valence-electron chi connectivity index (χ2n) is 5.81. The van der Waals surface area contributed by atoms with Crippen molar-refractivity contribution in [1.29, 1.82) is 0 Å². The lowest BCUT2D eigenvalue weighted by Crippen LogP contribution is -1.97. The van der Waals surface area contributed by atoms with Gasteiger partial charge in [0.05, 0.1) is 0 Å². The summed E-state index contributed by atoms with van der Waals surface area (Å²) in [5, 5.41) is 1.44. The summed E-state index contributed by atoms with van der Waals surface area (Å²) >= 11 is 7.76. The first kappa shape index (κ1) is 17.8. The van der Waals surface area contributed by atoms with Crippen LogP contribution in [0.4, 0.5) is 0 Å². The number of aromatic nitrogens is 2. The van der Waals surface area contributed by atoms with Crippen LogP contribution in [0, 0.1) is 20.8 Å². The molecule has 1 heterocycles. The third-order valence-electron chi connectivity index (χ3n) is 3.89. The Morgan fingerprint density at radius 2 is 1.80 bits per heavy atom. The first-order valence-electron chi connectivity index (χ1n) is 7.99. The number of halogens is 1. The smallest absolute Gasteiger partial charge is 0.223 e. The first-order chi connectivity index (χ1) is 12.0. The minimum Gasteiger partial charge on any atom is -0.439 e. The molecule has 5 heteroatoms. The highest BCUT2D eigenvalue weighted by molar-refractivity contribution is 7.98. The minimum atomic E-state index is 0.558. The summed E-state index contributed by atoms with van der Waals surface area (Å²) in [4.78, 5) is 9.02. The summed E-state index contributed by atoms with van der Waals surface area (Å²) in [6.07, 6.45) is 0. The molecule has 0 N–H and O–H groups in total. The van der Waals surface area contributed by atoms with E-state index >= 15 is 0 Å². The lowest BCUT2D eigenvalue weighted by Gasteiger charge is -2.11. The van der Waals surface area contributed by atoms with E-state index in [2.05, 4.69) is 23.0 Å². The highest BCUT2D eigenvalue weighted by Gasteiger charge is 2.09. The molecule has 3 rings (SSSR count). The van der Waals surface area contributed by atoms with Crippen LogP contribution in [-0.2, 0) is 5.75 Å². The van der Waals surface area contributed by atoms with Crippen LogP contribution in [-0.4, -0.2) is 9.97 Å². The normalized spacial score (nSPS) is 10.7. The van der Waals surface area contributed by atoms with E-state index in [-0.39, 0.29) is 0 Å². The van der Waals surface area contributed by atoms with E-state index in [1.807, 2.05) is 56.3 Å². The molecule has 0 fully saturated rings. The standard InChI is InChI=1S/C20H19ClN2OS/c1-13-7-6-10-18(15(13)3)24-19-11-14(2)22-20(23-19)25-12-16-8-4-5-9-17(16)21/h4-11H,12H2,1-3H3. The maximum atomic E-state index is 6.21. The molecule has 1 aromatic heterocycles. The van der Waals surface area contributed by atoms with Crippen LogP contribution in [0.25, 0.3) is 0 Å². The molecule has 0 bridgehead atoms. The zero-order valence-corrected chi connectivity index (χ0v) is 16.0. The van der Waals surface area contributed by atoms with Crippen LogP contribution >= 0.6 is 23.4 Å². The fraction of sp³-hybridized carbons (Fsp3) is 0.200. The Labute approximate surface area is 157 Å². The van der Waals surface area contributed by atoms with Gasteiger partial charge in [-0.15, -0.1) is 0 Å². The lowest BCUT2D eigenvalue weighted by atomic mass is 10.1. The van der Waals surface area contributed by atoms with Gasteiger partial charge in [-0.25, -0.2) is 4.98 Å². The quantitative estimate of drug-likeness (QED) is 0.399. The topological polar surface area (TPSA) is 35.0 Å². The zero-order valence-electron chi connectivity index (χ0n) is 14.4. The van der Waals surface area contributed by atoms with Gasteiger partial charge in [0.2, 0.25) is 5.88 Å². The number of hydrogen-bond acceptors (Lipinski definition) is 4. The van der Waals surface area contributed by atoms with Gasteiger partial charge in [-0.05, 0) is 49.6 Å². The second-order valence-corrected chi connectivity index (χ2v) is 7.16. The summed E-state index contributed by atoms with van der Waals surface area (Å²) in [6, 6.07) is 15.7. The van der Waals surface area contributed by atoms with Crippen molar-refractivity contribution in [1.82, 2.24) is 9.97 Å². The molecule has 0 aliphatic carbocycles. The molecule has 0 saturated carbocycles. The lowest BCUT2D eigenvalue weighted by molar-refractivity contribution is 0.451. The van der Waals surface area contributed by atoms with Crippen molar-refractivity contribution >= 4 is 23.4 Å². The monoisotopic (exact) mass is 370 g/mol. The SMILES string of the molecule is Cc1cc(Oc2cccc(C)c2C)nc(SCc2ccccc2Cl)n1. The predicted molar refractivity (Wildman–Crippen MR) is 104 cm³/mol. The predicted octanol–water partition coefficient (Wildman–Crippen LogP) is 6.14. The van der Waals surface area contributed by atoms with E-state index in [1.165, 1.54) is 5.56 Å². The number of rotatable bonds is 5. The summed E-state index contributed by atoms with van der Waals surface area (Å²) in [5.41, 5.74) is 4.24. The molecule has 0 spiro atoms. The zero-order chi connectivity index (χ0) is 17.8. The minimum absolute atomic E-state index is 0.558. The van der Waals surface area contributed by atoms with Gasteiger partial charge in [0.25, 0.3) is 0 Å². The Morgan fingerprint density at radius 3 is 2.60 bits per heavy atom. The van der Waals surface area contributed by atoms with Gasteiger partial charge >= 0.3 is 0 Å². The van der Waals surface area contributed by atoms with Gasteiger partial charge in [0, 0.05) is 22.5 Å². The Balaban J connectivity index is 1.78. The molecular formula is C20H19ClN2OS. The Morgan fingerprint density at radius 1 is 1.00 bits per heavy atom. The average Bonchev–Trinajstić information content (AvgIpc) is 2.58. The van der Waals surface area contributed by atoms with Crippen molar-refractivity contribution in [3.05, 3.63) is 75.9 Å². The molecule has 0 radical (unpaired) electrons. The maximum Gasteiger partial charge on any atom is 0.223 e. The molecule has 3 nitrogen and oxygen atoms in total. The van der Waals surface area contributed by atoms with Crippen molar-refractivity contribution < 1.29 is 4.74 Å². The van der Waals surface area contributed by atoms with E-state index in [4.69, 9.17) is 16.3 Å². The Kier molecular flexibility index (Phi) is 5.61. The number of thioether (sulfide) groups is 1. The van der Waals surface area contributed by atoms with Gasteiger partial charge in [-0.2, -0.15) is 4.98 Å². The third-order valence-corrected chi connectivity index (χ3v) is 5.16. The fourth-order valence-corrected chi connectivity index (χ4v) is 3.52. The van der Waals surface area contributed by atoms with Gasteiger partial charge in [-0.3, -0.25) is 0 Å². The van der Waals surface area contributed by atoms with E-state index in [1.54, 1.807) is 11.8 Å². The van der Waals surface area contributed by atoms with Crippen LogP contribution in [0.1, 0.15) is 22.4 Å². The molecule has 0 aliphatic heterocycles. The molecule has 128 valence electrons. The highest BCUT2D eigenvalue weighted by Crippen LogP contribution is 2.29. The van der Waals surface area contributed by atoms with Gasteiger partial charge in [0.1, 0.15) is 5.75 Å². The Hall–Kier alpha value is -2.04. The van der Waals surface area contributed by atoms with Crippen LogP contribution in [0.3, 0.4) is 0 Å². The number of nitrogens with zero attached hydrogens (tertiary/aromatic N) is 2. The van der Waals surface area contributed by atoms with E-state index in [9.17, 15) is 0 Å². The van der Waals surface area contributed by atoms with Crippen LogP contribution in [0.5, 0.6) is 11.6 Å². The van der Waals surface area contributed by atoms with Crippen LogP contribution < -0.4 is 4.74 Å². The van der Waals surface area contributed by atoms with Crippen molar-refractivity contribution in [2.75, 3.05) is 0 Å². The van der Waals surface area contributed by atoms with Crippen molar-refractivity contribution in [2.45, 2.75) is 31.7 Å². The second kappa shape index (κ2) is 7.89. The molecule has 0 aliphatic rings. The number of benzene rings is 2. The number of ether oxygens (including phenoxy) is 1. The number of aryl methyl sites for hydroxylation is 2. The third kappa shape index (κ3) is 4.53. The highest BCUT2D eigenvalue weighted by atomic mass is 35.5. The Bertz CT molecular complexity index is 899. The summed E-state index contributed by atoms with van der Waals surface area (Å²) < 4.78 is 6.00. The van der Waals surface area contributed by atoms with Gasteiger partial charge < -0.3 is 4.74 Å². The van der Waals surface area contributed by atoms with E-state index < -0.39 is 0 Å². The molecule has 3 aromatic rings. The molecular weight excluding hydrogens is 352 g/mol. The largest absolute Gasteiger partial charge is 0.439 e. The van der Waals surface area contributed by atoms with Crippen molar-refractivity contribution in [2.24, 2.45) is 0 Å². The number of hydrogen-bond donors (Lipinski definition) is 0. The van der Waals surface area contributed by atoms with Gasteiger partial charge in [-0.1, -0.05) is 53.7 Å². The van der Waals surface area contributed by atoms with E-state index in [0.29, 0.717) is 16.8 Å². The van der Waals surface area contributed by atoms with Crippen LogP contribution in [0.15, 0.2) is 53.7 Å². The summed E-state index contributed by atoms with van der Waals surface area (Å²) in [6.45, 7) is 6.06. The molecule has 0 saturated heterocycles. The van der Waals surface area contributed by atoms with E-state index in [0.717, 1.165) is 27.6 Å². The average molecular weight is 371 g/mol. The molecule has 2 aromatic carbocycles. The first-order valence-corrected chi connectivity index (χ1v) is 9.35. The van der Waals surface area contributed by atoms with Gasteiger partial charge in [0.15, 0.2) is 5.16 Å². The molecule has 0 amide bonds. The van der Waals surface area contributed by atoms with Crippen LogP contribution in [0.2, 0.25) is 5.02 Å². The molecule has 0 atom stereocenters. The summed E-state index contributed by atoms with van der Waals surface area (Å²) in [5.74, 6) is 2.09. The molecule has 25 heavy (non-hydrogen) atoms. The molecule has 0 unspecified atom stereocenters.